The van der Waals surface area contributed by atoms with E-state index < -0.39 is 0 Å². The van der Waals surface area contributed by atoms with Crippen molar-refractivity contribution in [1.82, 2.24) is 19.8 Å². The van der Waals surface area contributed by atoms with E-state index in [2.05, 4.69) is 46.2 Å². The molecule has 1 atom stereocenters. The van der Waals surface area contributed by atoms with E-state index >= 15 is 0 Å². The molecule has 2 fully saturated rings. The van der Waals surface area contributed by atoms with Gasteiger partial charge in [-0.25, -0.2) is 4.98 Å². The summed E-state index contributed by atoms with van der Waals surface area (Å²) in [5.41, 5.74) is 2.40. The summed E-state index contributed by atoms with van der Waals surface area (Å²) >= 11 is 0. The first-order valence-electron chi connectivity index (χ1n) is 14.6. The van der Waals surface area contributed by atoms with Crippen LogP contribution in [0.1, 0.15) is 56.5 Å². The van der Waals surface area contributed by atoms with E-state index in [1.165, 1.54) is 5.56 Å². The van der Waals surface area contributed by atoms with Gasteiger partial charge in [0.2, 0.25) is 5.95 Å². The summed E-state index contributed by atoms with van der Waals surface area (Å²) in [6.07, 6.45) is 4.03. The van der Waals surface area contributed by atoms with Gasteiger partial charge in [-0.05, 0) is 64.7 Å². The molecule has 0 aliphatic carbocycles. The van der Waals surface area contributed by atoms with Gasteiger partial charge in [0, 0.05) is 64.2 Å². The van der Waals surface area contributed by atoms with Gasteiger partial charge in [0.15, 0.2) is 0 Å². The van der Waals surface area contributed by atoms with Gasteiger partial charge in [0.05, 0.1) is 12.1 Å². The van der Waals surface area contributed by atoms with Crippen molar-refractivity contribution in [1.29, 1.82) is 0 Å². The smallest absolute Gasteiger partial charge is 0.263 e. The Morgan fingerprint density at radius 1 is 1.15 bits per heavy atom. The van der Waals surface area contributed by atoms with Crippen LogP contribution in [0.15, 0.2) is 30.5 Å². The fourth-order valence-electron chi connectivity index (χ4n) is 6.06. The zero-order valence-corrected chi connectivity index (χ0v) is 24.5. The molecule has 1 spiro atoms. The van der Waals surface area contributed by atoms with Crippen LogP contribution in [-0.2, 0) is 16.0 Å². The second-order valence-corrected chi connectivity index (χ2v) is 11.6. The fraction of sp³-hybridized carbons (Fsp3) is 0.600. The molecule has 3 aliphatic heterocycles. The first-order chi connectivity index (χ1) is 19.2. The summed E-state index contributed by atoms with van der Waals surface area (Å²) in [7, 11) is 1.97. The number of likely N-dealkylation sites (N-methyl/N-ethyl adjacent to an activating group) is 1. The second-order valence-electron chi connectivity index (χ2n) is 11.6. The number of anilines is 3. The summed E-state index contributed by atoms with van der Waals surface area (Å²) in [6, 6.07) is 8.52. The number of carbonyl (C=O) groups excluding carboxylic acids is 2. The molecule has 3 aliphatic rings. The minimum Gasteiger partial charge on any atom is -0.360 e. The van der Waals surface area contributed by atoms with Gasteiger partial charge in [-0.1, -0.05) is 12.1 Å². The lowest BCUT2D eigenvalue weighted by molar-refractivity contribution is -0.192. The Morgan fingerprint density at radius 3 is 2.65 bits per heavy atom. The van der Waals surface area contributed by atoms with E-state index in [1.54, 1.807) is 6.20 Å². The minimum absolute atomic E-state index is 0.0727. The Labute approximate surface area is 237 Å². The van der Waals surface area contributed by atoms with E-state index in [0.717, 1.165) is 51.1 Å². The molecule has 4 heterocycles. The number of aromatic nitrogens is 2. The highest BCUT2D eigenvalue weighted by atomic mass is 16.5. The Morgan fingerprint density at radius 2 is 1.93 bits per heavy atom. The Kier molecular flexibility index (Phi) is 8.28. The predicted molar refractivity (Wildman–Crippen MR) is 157 cm³/mol. The topological polar surface area (TPSA) is 94.1 Å². The largest absolute Gasteiger partial charge is 0.360 e. The predicted octanol–water partition coefficient (Wildman–Crippen LogP) is 3.04. The molecular formula is C30H43N7O3. The van der Waals surface area contributed by atoms with Gasteiger partial charge in [-0.15, -0.1) is 0 Å². The van der Waals surface area contributed by atoms with Crippen LogP contribution in [0.25, 0.3) is 0 Å². The van der Waals surface area contributed by atoms with Crippen LogP contribution in [0.3, 0.4) is 0 Å². The lowest BCUT2D eigenvalue weighted by Crippen LogP contribution is -2.62. The number of piperidine rings is 1. The highest BCUT2D eigenvalue weighted by Gasteiger charge is 2.45. The Bertz CT molecular complexity index is 1230. The Hall–Kier alpha value is -3.24. The molecule has 0 bridgehead atoms. The van der Waals surface area contributed by atoms with Crippen molar-refractivity contribution in [2.24, 2.45) is 0 Å². The SMILES string of the molecule is CCNc1ncc2c(n1)N(C)CCN(c1cccc(CCN3CCC4(CC3)CN(C(C)C)C(=O)C(C)O4)c1)C2=O. The summed E-state index contributed by atoms with van der Waals surface area (Å²) < 4.78 is 6.30. The van der Waals surface area contributed by atoms with Gasteiger partial charge in [0.1, 0.15) is 17.5 Å². The van der Waals surface area contributed by atoms with Crippen LogP contribution >= 0.6 is 0 Å². The highest BCUT2D eigenvalue weighted by molar-refractivity contribution is 6.09. The number of morpholine rings is 1. The van der Waals surface area contributed by atoms with E-state index in [4.69, 9.17) is 4.74 Å². The monoisotopic (exact) mass is 549 g/mol. The third-order valence-electron chi connectivity index (χ3n) is 8.45. The van der Waals surface area contributed by atoms with E-state index in [1.807, 2.05) is 47.7 Å². The number of benzene rings is 1. The zero-order chi connectivity index (χ0) is 28.4. The molecule has 5 rings (SSSR count). The lowest BCUT2D eigenvalue weighted by atomic mass is 9.88. The van der Waals surface area contributed by atoms with Gasteiger partial charge in [0.25, 0.3) is 11.8 Å². The first kappa shape index (κ1) is 28.3. The van der Waals surface area contributed by atoms with Gasteiger partial charge in [-0.3, -0.25) is 9.59 Å². The standard InChI is InChI=1S/C30H43N7O3/c1-6-31-29-32-19-25-26(33-29)34(5)16-17-36(28(25)39)24-9-7-8-23(18-24)10-13-35-14-11-30(12-15-35)20-37(21(2)3)27(38)22(4)40-30/h7-9,18-19,21-22H,6,10-17,20H2,1-5H3,(H,31,32,33). The quantitative estimate of drug-likeness (QED) is 0.563. The highest BCUT2D eigenvalue weighted by Crippen LogP contribution is 2.34. The van der Waals surface area contributed by atoms with Crippen LogP contribution in [0.5, 0.6) is 0 Å². The normalized spacial score (nSPS) is 21.6. The van der Waals surface area contributed by atoms with Crippen LogP contribution in [0, 0.1) is 0 Å². The molecule has 10 heteroatoms. The molecule has 2 amide bonds. The average molecular weight is 550 g/mol. The molecule has 1 N–H and O–H groups in total. The van der Waals surface area contributed by atoms with Gasteiger partial charge >= 0.3 is 0 Å². The zero-order valence-electron chi connectivity index (χ0n) is 24.5. The van der Waals surface area contributed by atoms with Gasteiger partial charge in [-0.2, -0.15) is 4.98 Å². The molecule has 0 saturated carbocycles. The number of fused-ring (bicyclic) bond motifs is 1. The number of hydrogen-bond acceptors (Lipinski definition) is 8. The van der Waals surface area contributed by atoms with E-state index in [-0.39, 0.29) is 29.6 Å². The molecule has 40 heavy (non-hydrogen) atoms. The Balaban J connectivity index is 1.21. The van der Waals surface area contributed by atoms with E-state index in [9.17, 15) is 9.59 Å². The molecule has 1 aromatic heterocycles. The number of rotatable bonds is 7. The molecule has 2 saturated heterocycles. The molecule has 2 aromatic rings. The maximum absolute atomic E-state index is 13.6. The molecular weight excluding hydrogens is 506 g/mol. The number of hydrogen-bond donors (Lipinski definition) is 1. The maximum atomic E-state index is 13.6. The molecule has 216 valence electrons. The van der Waals surface area contributed by atoms with Crippen molar-refractivity contribution < 1.29 is 14.3 Å². The second kappa shape index (κ2) is 11.7. The van der Waals surface area contributed by atoms with Crippen molar-refractivity contribution in [3.05, 3.63) is 41.6 Å². The number of carbonyl (C=O) groups is 2. The third-order valence-corrected chi connectivity index (χ3v) is 8.45. The van der Waals surface area contributed by atoms with Crippen molar-refractivity contribution in [3.8, 4) is 0 Å². The third kappa shape index (κ3) is 5.78. The lowest BCUT2D eigenvalue weighted by Gasteiger charge is -2.50. The maximum Gasteiger partial charge on any atom is 0.263 e. The van der Waals surface area contributed by atoms with Crippen molar-refractivity contribution >= 4 is 29.3 Å². The number of nitrogens with zero attached hydrogens (tertiary/aromatic N) is 6. The number of amides is 2. The minimum atomic E-state index is -0.375. The average Bonchev–Trinajstić information content (AvgIpc) is 3.06. The number of likely N-dealkylation sites (tertiary alicyclic amines) is 1. The van der Waals surface area contributed by atoms with Crippen LogP contribution < -0.4 is 15.1 Å². The number of nitrogens with one attached hydrogen (secondary N) is 1. The summed E-state index contributed by atoms with van der Waals surface area (Å²) in [4.78, 5) is 43.4. The molecule has 10 nitrogen and oxygen atoms in total. The summed E-state index contributed by atoms with van der Waals surface area (Å²) in [5.74, 6) is 1.23. The van der Waals surface area contributed by atoms with Crippen molar-refractivity contribution in [3.63, 3.8) is 0 Å². The van der Waals surface area contributed by atoms with Crippen molar-refractivity contribution in [2.45, 2.75) is 64.7 Å². The number of ether oxygens (including phenoxy) is 1. The van der Waals surface area contributed by atoms with Crippen LogP contribution in [0.4, 0.5) is 17.5 Å². The molecule has 0 radical (unpaired) electrons. The van der Waals surface area contributed by atoms with E-state index in [0.29, 0.717) is 37.0 Å². The fourth-order valence-corrected chi connectivity index (χ4v) is 6.06. The van der Waals surface area contributed by atoms with Crippen molar-refractivity contribution in [2.75, 3.05) is 68.0 Å². The first-order valence-corrected chi connectivity index (χ1v) is 14.6. The van der Waals surface area contributed by atoms with Crippen LogP contribution in [0.2, 0.25) is 0 Å². The van der Waals surface area contributed by atoms with Gasteiger partial charge < -0.3 is 29.7 Å². The summed E-state index contributed by atoms with van der Waals surface area (Å²) in [6.45, 7) is 13.6. The molecule has 1 aromatic carbocycles. The van der Waals surface area contributed by atoms with Crippen LogP contribution in [-0.4, -0.2) is 102 Å². The molecule has 1 unspecified atom stereocenters. The summed E-state index contributed by atoms with van der Waals surface area (Å²) in [5, 5.41) is 3.13.